The summed E-state index contributed by atoms with van der Waals surface area (Å²) < 4.78 is 25.2. The first-order valence-corrected chi connectivity index (χ1v) is 3.12. The van der Waals surface area contributed by atoms with Crippen molar-refractivity contribution in [2.24, 2.45) is 0 Å². The van der Waals surface area contributed by atoms with Crippen LogP contribution in [0.15, 0.2) is 18.2 Å². The highest BCUT2D eigenvalue weighted by molar-refractivity contribution is 5.35. The first-order valence-electron chi connectivity index (χ1n) is 3.12. The van der Waals surface area contributed by atoms with Crippen LogP contribution in [-0.4, -0.2) is 0 Å². The van der Waals surface area contributed by atoms with Crippen molar-refractivity contribution in [3.8, 4) is 11.8 Å². The van der Waals surface area contributed by atoms with Gasteiger partial charge in [0.2, 0.25) is 0 Å². The number of hydrogen-bond acceptors (Lipinski definition) is 0. The van der Waals surface area contributed by atoms with Crippen LogP contribution in [0.25, 0.3) is 0 Å². The van der Waals surface area contributed by atoms with E-state index in [1.165, 1.54) is 12.1 Å². The molecule has 1 rings (SSSR count). The molecule has 56 valence electrons. The highest BCUT2D eigenvalue weighted by atomic mass is 19.2. The molecule has 0 aromatic heterocycles. The first-order chi connectivity index (χ1) is 5.25. The summed E-state index contributed by atoms with van der Waals surface area (Å²) in [6.45, 7) is 1.57. The molecule has 0 atom stereocenters. The van der Waals surface area contributed by atoms with Gasteiger partial charge in [-0.1, -0.05) is 12.0 Å². The van der Waals surface area contributed by atoms with Gasteiger partial charge in [0.05, 0.1) is 5.56 Å². The average Bonchev–Trinajstić information content (AvgIpc) is 1.99. The Morgan fingerprint density at radius 3 is 2.64 bits per heavy atom. The van der Waals surface area contributed by atoms with Crippen LogP contribution in [0, 0.1) is 23.5 Å². The van der Waals surface area contributed by atoms with Crippen molar-refractivity contribution in [2.45, 2.75) is 6.92 Å². The minimum Gasteiger partial charge on any atom is -0.204 e. The lowest BCUT2D eigenvalue weighted by molar-refractivity contribution is 0.506. The van der Waals surface area contributed by atoms with Crippen LogP contribution in [0.3, 0.4) is 0 Å². The summed E-state index contributed by atoms with van der Waals surface area (Å²) in [7, 11) is 0. The van der Waals surface area contributed by atoms with E-state index in [1.54, 1.807) is 6.92 Å². The standard InChI is InChI=1S/C9H6F2/c1-2-4-7-5-3-6-8(10)9(7)11/h3,5-6H,1H3. The van der Waals surface area contributed by atoms with E-state index in [0.717, 1.165) is 6.07 Å². The second-order valence-electron chi connectivity index (χ2n) is 1.98. The second kappa shape index (κ2) is 3.16. The van der Waals surface area contributed by atoms with Gasteiger partial charge in [-0.3, -0.25) is 0 Å². The maximum atomic E-state index is 12.7. The smallest absolute Gasteiger partial charge is 0.174 e. The van der Waals surface area contributed by atoms with Crippen molar-refractivity contribution in [3.63, 3.8) is 0 Å². The lowest BCUT2D eigenvalue weighted by Crippen LogP contribution is -1.87. The molecule has 1 aromatic rings. The van der Waals surface area contributed by atoms with E-state index in [-0.39, 0.29) is 5.56 Å². The summed E-state index contributed by atoms with van der Waals surface area (Å²) in [4.78, 5) is 0. The van der Waals surface area contributed by atoms with Crippen LogP contribution in [0.4, 0.5) is 8.78 Å². The SMILES string of the molecule is CC#Cc1cccc(F)c1F. The summed E-state index contributed by atoms with van der Waals surface area (Å²) in [5.41, 5.74) is 0.104. The van der Waals surface area contributed by atoms with E-state index in [4.69, 9.17) is 0 Å². The van der Waals surface area contributed by atoms with Crippen molar-refractivity contribution in [1.82, 2.24) is 0 Å². The zero-order valence-corrected chi connectivity index (χ0v) is 5.99. The summed E-state index contributed by atoms with van der Waals surface area (Å²) in [5.74, 6) is 3.22. The van der Waals surface area contributed by atoms with E-state index >= 15 is 0 Å². The summed E-state index contributed by atoms with van der Waals surface area (Å²) in [6, 6.07) is 3.93. The van der Waals surface area contributed by atoms with Crippen molar-refractivity contribution in [3.05, 3.63) is 35.4 Å². The Hall–Kier alpha value is -1.36. The van der Waals surface area contributed by atoms with E-state index in [2.05, 4.69) is 11.8 Å². The Kier molecular flexibility index (Phi) is 2.22. The van der Waals surface area contributed by atoms with Crippen LogP contribution in [0.5, 0.6) is 0 Å². The summed E-state index contributed by atoms with van der Waals surface area (Å²) in [5, 5.41) is 0. The molecule has 0 saturated carbocycles. The fraction of sp³-hybridized carbons (Fsp3) is 0.111. The van der Waals surface area contributed by atoms with Gasteiger partial charge in [0, 0.05) is 0 Å². The molecular formula is C9H6F2. The Bertz CT molecular complexity index is 318. The number of halogens is 2. The van der Waals surface area contributed by atoms with Crippen molar-refractivity contribution >= 4 is 0 Å². The quantitative estimate of drug-likeness (QED) is 0.500. The molecule has 11 heavy (non-hydrogen) atoms. The molecule has 0 fully saturated rings. The molecule has 0 bridgehead atoms. The largest absolute Gasteiger partial charge is 0.204 e. The number of hydrogen-bond donors (Lipinski definition) is 0. The number of rotatable bonds is 0. The monoisotopic (exact) mass is 152 g/mol. The van der Waals surface area contributed by atoms with Gasteiger partial charge < -0.3 is 0 Å². The molecule has 0 aliphatic rings. The molecular weight excluding hydrogens is 146 g/mol. The zero-order chi connectivity index (χ0) is 8.27. The van der Waals surface area contributed by atoms with Gasteiger partial charge in [-0.05, 0) is 19.1 Å². The normalized spacial score (nSPS) is 8.64. The molecule has 0 unspecified atom stereocenters. The molecule has 0 saturated heterocycles. The molecule has 2 heteroatoms. The van der Waals surface area contributed by atoms with Gasteiger partial charge in [0.15, 0.2) is 11.6 Å². The van der Waals surface area contributed by atoms with Gasteiger partial charge in [0.1, 0.15) is 0 Å². The topological polar surface area (TPSA) is 0 Å². The maximum Gasteiger partial charge on any atom is 0.174 e. The van der Waals surface area contributed by atoms with Gasteiger partial charge in [-0.25, -0.2) is 8.78 Å². The summed E-state index contributed by atoms with van der Waals surface area (Å²) in [6.07, 6.45) is 0. The van der Waals surface area contributed by atoms with Gasteiger partial charge >= 0.3 is 0 Å². The fourth-order valence-corrected chi connectivity index (χ4v) is 0.735. The van der Waals surface area contributed by atoms with E-state index in [0.29, 0.717) is 0 Å². The molecule has 0 amide bonds. The van der Waals surface area contributed by atoms with Crippen LogP contribution in [0.1, 0.15) is 12.5 Å². The highest BCUT2D eigenvalue weighted by Gasteiger charge is 2.03. The number of benzene rings is 1. The third-order valence-corrected chi connectivity index (χ3v) is 1.21. The molecule has 0 aliphatic heterocycles. The van der Waals surface area contributed by atoms with E-state index in [9.17, 15) is 8.78 Å². The Morgan fingerprint density at radius 2 is 2.00 bits per heavy atom. The van der Waals surface area contributed by atoms with Crippen molar-refractivity contribution in [2.75, 3.05) is 0 Å². The summed E-state index contributed by atoms with van der Waals surface area (Å²) >= 11 is 0. The molecule has 0 nitrogen and oxygen atoms in total. The third kappa shape index (κ3) is 1.56. The minimum atomic E-state index is -0.873. The average molecular weight is 152 g/mol. The van der Waals surface area contributed by atoms with Gasteiger partial charge in [-0.15, -0.1) is 5.92 Å². The van der Waals surface area contributed by atoms with Crippen LogP contribution in [0.2, 0.25) is 0 Å². The fourth-order valence-electron chi connectivity index (χ4n) is 0.735. The predicted molar refractivity (Wildman–Crippen MR) is 38.9 cm³/mol. The predicted octanol–water partition coefficient (Wildman–Crippen LogP) is 2.34. The Labute approximate surface area is 63.9 Å². The molecule has 0 aliphatic carbocycles. The van der Waals surface area contributed by atoms with Gasteiger partial charge in [0.25, 0.3) is 0 Å². The van der Waals surface area contributed by atoms with Crippen molar-refractivity contribution < 1.29 is 8.78 Å². The van der Waals surface area contributed by atoms with E-state index in [1.807, 2.05) is 0 Å². The maximum absolute atomic E-state index is 12.7. The lowest BCUT2D eigenvalue weighted by atomic mass is 10.2. The van der Waals surface area contributed by atoms with E-state index < -0.39 is 11.6 Å². The van der Waals surface area contributed by atoms with Crippen LogP contribution in [-0.2, 0) is 0 Å². The van der Waals surface area contributed by atoms with Crippen LogP contribution >= 0.6 is 0 Å². The van der Waals surface area contributed by atoms with Gasteiger partial charge in [-0.2, -0.15) is 0 Å². The lowest BCUT2D eigenvalue weighted by Gasteiger charge is -1.93. The molecule has 0 spiro atoms. The first kappa shape index (κ1) is 7.74. The second-order valence-corrected chi connectivity index (χ2v) is 1.98. The highest BCUT2D eigenvalue weighted by Crippen LogP contribution is 2.09. The van der Waals surface area contributed by atoms with Crippen LogP contribution < -0.4 is 0 Å². The molecule has 0 radical (unpaired) electrons. The molecule has 0 N–H and O–H groups in total. The Balaban J connectivity index is 3.23. The molecule has 1 aromatic carbocycles. The third-order valence-electron chi connectivity index (χ3n) is 1.21. The Morgan fingerprint density at radius 1 is 1.27 bits per heavy atom. The molecule has 0 heterocycles. The minimum absolute atomic E-state index is 0.104. The van der Waals surface area contributed by atoms with Crippen molar-refractivity contribution in [1.29, 1.82) is 0 Å². The zero-order valence-electron chi connectivity index (χ0n) is 5.99.